The van der Waals surface area contributed by atoms with E-state index in [0.29, 0.717) is 11.3 Å². The summed E-state index contributed by atoms with van der Waals surface area (Å²) in [5, 5.41) is 2.44. The first kappa shape index (κ1) is 19.3. The van der Waals surface area contributed by atoms with Gasteiger partial charge in [-0.1, -0.05) is 31.4 Å². The van der Waals surface area contributed by atoms with E-state index in [4.69, 9.17) is 11.6 Å². The van der Waals surface area contributed by atoms with Crippen LogP contribution in [0.4, 0.5) is 14.9 Å². The smallest absolute Gasteiger partial charge is 0.322 e. The highest BCUT2D eigenvalue weighted by Gasteiger charge is 2.49. The predicted octanol–water partition coefficient (Wildman–Crippen LogP) is 2.79. The van der Waals surface area contributed by atoms with Crippen LogP contribution in [0, 0.1) is 11.7 Å². The van der Waals surface area contributed by atoms with Crippen LogP contribution in [0.2, 0.25) is 5.02 Å². The van der Waals surface area contributed by atoms with Crippen molar-refractivity contribution < 1.29 is 23.6 Å². The lowest BCUT2D eigenvalue weighted by Crippen LogP contribution is -2.46. The molecule has 9 heteroatoms. The van der Waals surface area contributed by atoms with Crippen molar-refractivity contribution in [3.05, 3.63) is 29.0 Å². The van der Waals surface area contributed by atoms with Crippen LogP contribution in [0.25, 0.3) is 0 Å². The summed E-state index contributed by atoms with van der Waals surface area (Å²) < 4.78 is 13.8. The van der Waals surface area contributed by atoms with E-state index in [1.165, 1.54) is 12.1 Å². The van der Waals surface area contributed by atoms with E-state index in [2.05, 4.69) is 5.32 Å². The summed E-state index contributed by atoms with van der Waals surface area (Å²) >= 11 is 5.65. The maximum absolute atomic E-state index is 13.8. The van der Waals surface area contributed by atoms with Crippen LogP contribution >= 0.6 is 11.6 Å². The molecule has 7 nitrogen and oxygen atoms in total. The van der Waals surface area contributed by atoms with E-state index in [9.17, 15) is 23.6 Å². The van der Waals surface area contributed by atoms with Crippen LogP contribution in [0.15, 0.2) is 18.2 Å². The molecule has 1 N–H and O–H groups in total. The first-order chi connectivity index (χ1) is 12.8. The van der Waals surface area contributed by atoms with E-state index in [1.807, 2.05) is 6.92 Å². The number of rotatable bonds is 4. The summed E-state index contributed by atoms with van der Waals surface area (Å²) in [5.74, 6) is -3.39. The van der Waals surface area contributed by atoms with Crippen molar-refractivity contribution in [2.24, 2.45) is 5.92 Å². The second-order valence-corrected chi connectivity index (χ2v) is 7.29. The van der Waals surface area contributed by atoms with Gasteiger partial charge in [0.05, 0.1) is 5.69 Å². The number of nitrogens with zero attached hydrogens (tertiary/aromatic N) is 2. The van der Waals surface area contributed by atoms with Crippen molar-refractivity contribution >= 4 is 41.0 Å². The van der Waals surface area contributed by atoms with Gasteiger partial charge in [0.25, 0.3) is 0 Å². The largest absolute Gasteiger partial charge is 0.334 e. The molecule has 1 aromatic carbocycles. The second kappa shape index (κ2) is 7.64. The number of hydrogen-bond donors (Lipinski definition) is 1. The van der Waals surface area contributed by atoms with Gasteiger partial charge in [-0.2, -0.15) is 0 Å². The molecule has 1 heterocycles. The van der Waals surface area contributed by atoms with Crippen molar-refractivity contribution in [3.63, 3.8) is 0 Å². The Morgan fingerprint density at radius 3 is 2.59 bits per heavy atom. The molecule has 1 saturated heterocycles. The van der Waals surface area contributed by atoms with Gasteiger partial charge in [-0.25, -0.2) is 14.1 Å². The molecular formula is C18H19ClFN3O4. The highest BCUT2D eigenvalue weighted by molar-refractivity contribution is 6.45. The van der Waals surface area contributed by atoms with Gasteiger partial charge in [-0.15, -0.1) is 0 Å². The summed E-state index contributed by atoms with van der Waals surface area (Å²) in [7, 11) is 0. The van der Waals surface area contributed by atoms with Crippen molar-refractivity contribution in [3.8, 4) is 0 Å². The Balaban J connectivity index is 1.71. The summed E-state index contributed by atoms with van der Waals surface area (Å²) in [6.07, 6.45) is 3.39. The quantitative estimate of drug-likeness (QED) is 0.627. The Morgan fingerprint density at radius 1 is 1.22 bits per heavy atom. The third kappa shape index (κ3) is 3.80. The van der Waals surface area contributed by atoms with Crippen LogP contribution < -0.4 is 5.32 Å². The van der Waals surface area contributed by atoms with Crippen molar-refractivity contribution in [2.45, 2.75) is 38.6 Å². The minimum absolute atomic E-state index is 0.0939. The van der Waals surface area contributed by atoms with E-state index in [0.717, 1.165) is 30.2 Å². The lowest BCUT2D eigenvalue weighted by Gasteiger charge is -2.34. The van der Waals surface area contributed by atoms with Gasteiger partial charge in [0.15, 0.2) is 0 Å². The van der Waals surface area contributed by atoms with Gasteiger partial charge < -0.3 is 5.32 Å². The number of urea groups is 1. The molecule has 3 rings (SSSR count). The predicted molar refractivity (Wildman–Crippen MR) is 95.4 cm³/mol. The van der Waals surface area contributed by atoms with Crippen LogP contribution in [-0.2, 0) is 14.4 Å². The van der Waals surface area contributed by atoms with Gasteiger partial charge in [-0.3, -0.25) is 19.3 Å². The fourth-order valence-corrected chi connectivity index (χ4v) is 3.72. The number of benzene rings is 1. The van der Waals surface area contributed by atoms with Crippen LogP contribution in [0.3, 0.4) is 0 Å². The summed E-state index contributed by atoms with van der Waals surface area (Å²) in [5.41, 5.74) is -0.132. The number of carbonyl (C=O) groups is 4. The van der Waals surface area contributed by atoms with E-state index in [1.54, 1.807) is 0 Å². The summed E-state index contributed by atoms with van der Waals surface area (Å²) in [6, 6.07) is 2.55. The number of amides is 5. The fourth-order valence-electron chi connectivity index (χ4n) is 3.56. The van der Waals surface area contributed by atoms with Gasteiger partial charge in [-0.05, 0) is 37.0 Å². The van der Waals surface area contributed by atoms with E-state index < -0.39 is 36.1 Å². The Kier molecular flexibility index (Phi) is 5.46. The number of hydrogen-bond acceptors (Lipinski definition) is 4. The SMILES string of the molecule is C[C@@H]1CCCC[C@@H]1N1C(=O)C(=O)N(CC(=O)Nc2ccc(Cl)cc2F)C1=O. The Morgan fingerprint density at radius 2 is 1.93 bits per heavy atom. The maximum atomic E-state index is 13.8. The van der Waals surface area contributed by atoms with Crippen LogP contribution in [0.5, 0.6) is 0 Å². The molecule has 1 aliphatic carbocycles. The maximum Gasteiger partial charge on any atom is 0.334 e. The monoisotopic (exact) mass is 395 g/mol. The molecule has 2 fully saturated rings. The van der Waals surface area contributed by atoms with Crippen LogP contribution in [-0.4, -0.2) is 46.1 Å². The standard InChI is InChI=1S/C18H19ClFN3O4/c1-10-4-2-3-5-14(10)23-17(26)16(25)22(18(23)27)9-15(24)21-13-7-6-11(19)8-12(13)20/h6-8,10,14H,2-5,9H2,1H3,(H,21,24)/t10-,14+/m1/s1. The first-order valence-corrected chi connectivity index (χ1v) is 9.11. The molecule has 0 aromatic heterocycles. The lowest BCUT2D eigenvalue weighted by molar-refractivity contribution is -0.145. The fraction of sp³-hybridized carbons (Fsp3) is 0.444. The zero-order valence-electron chi connectivity index (χ0n) is 14.7. The van der Waals surface area contributed by atoms with Gasteiger partial charge in [0, 0.05) is 11.1 Å². The molecule has 1 saturated carbocycles. The molecular weight excluding hydrogens is 377 g/mol. The normalized spacial score (nSPS) is 23.1. The second-order valence-electron chi connectivity index (χ2n) is 6.85. The molecule has 5 amide bonds. The highest BCUT2D eigenvalue weighted by Crippen LogP contribution is 2.31. The molecule has 144 valence electrons. The Bertz CT molecular complexity index is 816. The lowest BCUT2D eigenvalue weighted by atomic mass is 9.85. The van der Waals surface area contributed by atoms with Crippen molar-refractivity contribution in [1.29, 1.82) is 0 Å². The first-order valence-electron chi connectivity index (χ1n) is 8.73. The molecule has 2 atom stereocenters. The third-order valence-corrected chi connectivity index (χ3v) is 5.22. The average Bonchev–Trinajstić information content (AvgIpc) is 2.82. The van der Waals surface area contributed by atoms with Crippen LogP contribution in [0.1, 0.15) is 32.6 Å². The third-order valence-electron chi connectivity index (χ3n) is 4.99. The van der Waals surface area contributed by atoms with E-state index >= 15 is 0 Å². The average molecular weight is 396 g/mol. The highest BCUT2D eigenvalue weighted by atomic mass is 35.5. The molecule has 0 bridgehead atoms. The minimum Gasteiger partial charge on any atom is -0.322 e. The van der Waals surface area contributed by atoms with Gasteiger partial charge >= 0.3 is 17.8 Å². The molecule has 0 radical (unpaired) electrons. The molecule has 27 heavy (non-hydrogen) atoms. The molecule has 1 aliphatic heterocycles. The number of halogens is 2. The van der Waals surface area contributed by atoms with Gasteiger partial charge in [0.1, 0.15) is 12.4 Å². The number of carbonyl (C=O) groups excluding carboxylic acids is 4. The molecule has 0 spiro atoms. The summed E-state index contributed by atoms with van der Waals surface area (Å²) in [6.45, 7) is 1.27. The molecule has 1 aromatic rings. The topological polar surface area (TPSA) is 86.8 Å². The molecule has 2 aliphatic rings. The number of imide groups is 2. The minimum atomic E-state index is -1.04. The van der Waals surface area contributed by atoms with E-state index in [-0.39, 0.29) is 22.7 Å². The number of nitrogens with one attached hydrogen (secondary N) is 1. The van der Waals surface area contributed by atoms with Crippen molar-refractivity contribution in [1.82, 2.24) is 9.80 Å². The summed E-state index contributed by atoms with van der Waals surface area (Å²) in [4.78, 5) is 50.9. The zero-order chi connectivity index (χ0) is 19.7. The number of anilines is 1. The van der Waals surface area contributed by atoms with Gasteiger partial charge in [0.2, 0.25) is 5.91 Å². The van der Waals surface area contributed by atoms with Crippen molar-refractivity contribution in [2.75, 3.05) is 11.9 Å². The Hall–Kier alpha value is -2.48. The molecule has 0 unspecified atom stereocenters. The zero-order valence-corrected chi connectivity index (χ0v) is 15.5. The Labute approximate surface area is 160 Å².